The Morgan fingerprint density at radius 1 is 1.12 bits per heavy atom. The van der Waals surface area contributed by atoms with Crippen LogP contribution < -0.4 is 0 Å². The minimum atomic E-state index is 0.0347. The van der Waals surface area contributed by atoms with Crippen molar-refractivity contribution in [1.29, 1.82) is 0 Å². The average Bonchev–Trinajstić information content (AvgIpc) is 3.35. The number of rotatable bonds is 3. The number of H-pyrrole nitrogens is 1. The van der Waals surface area contributed by atoms with Crippen LogP contribution in [0, 0.1) is 5.92 Å². The van der Waals surface area contributed by atoms with Crippen molar-refractivity contribution in [2.24, 2.45) is 5.92 Å². The van der Waals surface area contributed by atoms with E-state index in [1.54, 1.807) is 0 Å². The summed E-state index contributed by atoms with van der Waals surface area (Å²) in [5.41, 5.74) is 2.48. The van der Waals surface area contributed by atoms with Crippen molar-refractivity contribution in [3.8, 4) is 0 Å². The highest BCUT2D eigenvalue weighted by molar-refractivity contribution is 5.97. The fourth-order valence-electron chi connectivity index (χ4n) is 4.11. The Bertz CT molecular complexity index is 814. The molecule has 2 aromatic rings. The lowest BCUT2D eigenvalue weighted by molar-refractivity contribution is -0.136. The number of fused-ring (bicyclic) bond motifs is 1. The fraction of sp³-hybridized carbons (Fsp3) is 0.550. The van der Waals surface area contributed by atoms with E-state index in [4.69, 9.17) is 0 Å². The topological polar surface area (TPSA) is 69.3 Å². The summed E-state index contributed by atoms with van der Waals surface area (Å²) in [7, 11) is 0. The van der Waals surface area contributed by atoms with Gasteiger partial charge in [0, 0.05) is 44.1 Å². The van der Waals surface area contributed by atoms with Crippen LogP contribution in [-0.2, 0) is 11.2 Å². The molecule has 1 saturated carbocycles. The zero-order valence-corrected chi connectivity index (χ0v) is 15.3. The van der Waals surface area contributed by atoms with E-state index in [1.807, 2.05) is 28.0 Å². The quantitative estimate of drug-likeness (QED) is 0.921. The van der Waals surface area contributed by atoms with Crippen molar-refractivity contribution >= 4 is 22.8 Å². The lowest BCUT2D eigenvalue weighted by atomic mass is 10.1. The van der Waals surface area contributed by atoms with Crippen LogP contribution in [0.1, 0.15) is 48.8 Å². The van der Waals surface area contributed by atoms with Gasteiger partial charge in [0.15, 0.2) is 0 Å². The average molecular weight is 354 g/mol. The molecule has 0 bridgehead atoms. The van der Waals surface area contributed by atoms with Gasteiger partial charge in [0.25, 0.3) is 5.91 Å². The second-order valence-corrected chi connectivity index (χ2v) is 7.37. The van der Waals surface area contributed by atoms with Gasteiger partial charge in [0.2, 0.25) is 5.91 Å². The number of carbonyl (C=O) groups is 2. The molecule has 2 amide bonds. The van der Waals surface area contributed by atoms with E-state index in [2.05, 4.69) is 16.9 Å². The minimum Gasteiger partial charge on any atom is -0.342 e. The summed E-state index contributed by atoms with van der Waals surface area (Å²) >= 11 is 0. The molecule has 0 spiro atoms. The van der Waals surface area contributed by atoms with Gasteiger partial charge in [-0.05, 0) is 31.0 Å². The van der Waals surface area contributed by atoms with E-state index in [1.165, 1.54) is 12.8 Å². The third-order valence-electron chi connectivity index (χ3n) is 5.70. The summed E-state index contributed by atoms with van der Waals surface area (Å²) in [6.45, 7) is 4.56. The molecule has 1 aliphatic carbocycles. The second kappa shape index (κ2) is 7.09. The number of nitrogens with zero attached hydrogens (tertiary/aromatic N) is 3. The Morgan fingerprint density at radius 2 is 1.81 bits per heavy atom. The summed E-state index contributed by atoms with van der Waals surface area (Å²) in [5.74, 6) is 1.48. The number of piperazine rings is 1. The first-order chi connectivity index (χ1) is 12.7. The maximum absolute atomic E-state index is 12.8. The van der Waals surface area contributed by atoms with Gasteiger partial charge in [0.05, 0.1) is 11.0 Å². The molecule has 1 saturated heterocycles. The molecule has 6 heteroatoms. The first kappa shape index (κ1) is 17.1. The number of hydrogen-bond acceptors (Lipinski definition) is 3. The standard InChI is InChI=1S/C20H26N4O2/c1-2-18-21-16-8-7-15(13-17(16)22-18)20(26)24-11-9-23(10-12-24)19(25)14-5-3-4-6-14/h7-8,13-14H,2-6,9-12H2,1H3,(H,21,22). The normalized spacial score (nSPS) is 18.7. The van der Waals surface area contributed by atoms with Gasteiger partial charge in [-0.2, -0.15) is 0 Å². The van der Waals surface area contributed by atoms with Crippen molar-refractivity contribution in [2.45, 2.75) is 39.0 Å². The van der Waals surface area contributed by atoms with Crippen molar-refractivity contribution in [3.05, 3.63) is 29.6 Å². The van der Waals surface area contributed by atoms with E-state index in [9.17, 15) is 9.59 Å². The molecule has 26 heavy (non-hydrogen) atoms. The minimum absolute atomic E-state index is 0.0347. The molecule has 0 radical (unpaired) electrons. The molecule has 2 fully saturated rings. The van der Waals surface area contributed by atoms with Crippen LogP contribution in [0.3, 0.4) is 0 Å². The van der Waals surface area contributed by atoms with E-state index >= 15 is 0 Å². The van der Waals surface area contributed by atoms with Gasteiger partial charge in [-0.3, -0.25) is 9.59 Å². The third-order valence-corrected chi connectivity index (χ3v) is 5.70. The fourth-order valence-corrected chi connectivity index (χ4v) is 4.11. The predicted molar refractivity (Wildman–Crippen MR) is 99.9 cm³/mol. The third kappa shape index (κ3) is 3.20. The predicted octanol–water partition coefficient (Wildman–Crippen LogP) is 2.60. The Morgan fingerprint density at radius 3 is 2.50 bits per heavy atom. The maximum atomic E-state index is 12.8. The number of aryl methyl sites for hydroxylation is 1. The molecular formula is C20H26N4O2. The van der Waals surface area contributed by atoms with Gasteiger partial charge >= 0.3 is 0 Å². The first-order valence-corrected chi connectivity index (χ1v) is 9.72. The lowest BCUT2D eigenvalue weighted by Crippen LogP contribution is -2.51. The highest BCUT2D eigenvalue weighted by atomic mass is 16.2. The number of aromatic nitrogens is 2. The zero-order chi connectivity index (χ0) is 18.1. The molecule has 0 unspecified atom stereocenters. The first-order valence-electron chi connectivity index (χ1n) is 9.72. The molecule has 138 valence electrons. The summed E-state index contributed by atoms with van der Waals surface area (Å²) in [6.07, 6.45) is 5.24. The Balaban J connectivity index is 1.40. The van der Waals surface area contributed by atoms with E-state index in [0.717, 1.165) is 36.1 Å². The molecule has 0 atom stereocenters. The molecular weight excluding hydrogens is 328 g/mol. The second-order valence-electron chi connectivity index (χ2n) is 7.37. The Kier molecular flexibility index (Phi) is 4.66. The monoisotopic (exact) mass is 354 g/mol. The number of hydrogen-bond donors (Lipinski definition) is 1. The van der Waals surface area contributed by atoms with Crippen LogP contribution >= 0.6 is 0 Å². The zero-order valence-electron chi connectivity index (χ0n) is 15.3. The van der Waals surface area contributed by atoms with Gasteiger partial charge in [-0.15, -0.1) is 0 Å². The maximum Gasteiger partial charge on any atom is 0.254 e. The number of benzene rings is 1. The van der Waals surface area contributed by atoms with Crippen LogP contribution in [0.25, 0.3) is 11.0 Å². The van der Waals surface area contributed by atoms with Crippen LogP contribution in [0.2, 0.25) is 0 Å². The smallest absolute Gasteiger partial charge is 0.254 e. The highest BCUT2D eigenvalue weighted by Gasteiger charge is 2.30. The number of amides is 2. The largest absolute Gasteiger partial charge is 0.342 e. The van der Waals surface area contributed by atoms with Crippen LogP contribution in [0.4, 0.5) is 0 Å². The van der Waals surface area contributed by atoms with Crippen molar-refractivity contribution in [3.63, 3.8) is 0 Å². The van der Waals surface area contributed by atoms with Crippen molar-refractivity contribution in [2.75, 3.05) is 26.2 Å². The van der Waals surface area contributed by atoms with Crippen molar-refractivity contribution in [1.82, 2.24) is 19.8 Å². The number of imidazole rings is 1. The number of aromatic amines is 1. The van der Waals surface area contributed by atoms with E-state index in [-0.39, 0.29) is 11.8 Å². The number of nitrogens with one attached hydrogen (secondary N) is 1. The van der Waals surface area contributed by atoms with Crippen LogP contribution in [0.5, 0.6) is 0 Å². The summed E-state index contributed by atoms with van der Waals surface area (Å²) < 4.78 is 0. The molecule has 1 aliphatic heterocycles. The molecule has 1 N–H and O–H groups in total. The Hall–Kier alpha value is -2.37. The SMILES string of the molecule is CCc1nc2ccc(C(=O)N3CCN(C(=O)C4CCCC4)CC3)cc2[nH]1. The summed E-state index contributed by atoms with van der Waals surface area (Å²) in [4.78, 5) is 36.9. The Labute approximate surface area is 153 Å². The molecule has 1 aromatic carbocycles. The van der Waals surface area contributed by atoms with E-state index < -0.39 is 0 Å². The molecule has 2 heterocycles. The summed E-state index contributed by atoms with van der Waals surface area (Å²) in [6, 6.07) is 5.64. The number of carbonyl (C=O) groups excluding carboxylic acids is 2. The van der Waals surface area contributed by atoms with Gasteiger partial charge in [-0.1, -0.05) is 19.8 Å². The van der Waals surface area contributed by atoms with Crippen LogP contribution in [0.15, 0.2) is 18.2 Å². The van der Waals surface area contributed by atoms with Gasteiger partial charge < -0.3 is 14.8 Å². The molecule has 4 rings (SSSR count). The van der Waals surface area contributed by atoms with Crippen LogP contribution in [-0.4, -0.2) is 57.8 Å². The highest BCUT2D eigenvalue weighted by Crippen LogP contribution is 2.27. The summed E-state index contributed by atoms with van der Waals surface area (Å²) in [5, 5.41) is 0. The molecule has 2 aliphatic rings. The molecule has 1 aromatic heterocycles. The van der Waals surface area contributed by atoms with E-state index in [0.29, 0.717) is 37.6 Å². The lowest BCUT2D eigenvalue weighted by Gasteiger charge is -2.36. The molecule has 6 nitrogen and oxygen atoms in total. The van der Waals surface area contributed by atoms with Crippen molar-refractivity contribution < 1.29 is 9.59 Å². The van der Waals surface area contributed by atoms with Gasteiger partial charge in [-0.25, -0.2) is 4.98 Å². The van der Waals surface area contributed by atoms with Gasteiger partial charge in [0.1, 0.15) is 5.82 Å².